The van der Waals surface area contributed by atoms with Gasteiger partial charge in [-0.15, -0.1) is 11.3 Å². The Morgan fingerprint density at radius 3 is 3.05 bits per heavy atom. The van der Waals surface area contributed by atoms with Gasteiger partial charge in [-0.3, -0.25) is 0 Å². The minimum atomic E-state index is 0.325. The standard InChI is InChI=1S/C14H25N3OS/c1-4-5-15-13-9-18-8-12(13)7-16-11(3)14-17-6-10(2)19-14/h6,11-13,15-16H,4-5,7-9H2,1-3H3. The van der Waals surface area contributed by atoms with Gasteiger partial charge >= 0.3 is 0 Å². The Morgan fingerprint density at radius 1 is 1.53 bits per heavy atom. The highest BCUT2D eigenvalue weighted by Crippen LogP contribution is 2.20. The van der Waals surface area contributed by atoms with Gasteiger partial charge in [0.2, 0.25) is 0 Å². The van der Waals surface area contributed by atoms with Crippen LogP contribution in [0.4, 0.5) is 0 Å². The van der Waals surface area contributed by atoms with Gasteiger partial charge in [0, 0.05) is 29.6 Å². The van der Waals surface area contributed by atoms with Gasteiger partial charge in [-0.05, 0) is 26.8 Å². The van der Waals surface area contributed by atoms with E-state index in [1.807, 2.05) is 6.20 Å². The summed E-state index contributed by atoms with van der Waals surface area (Å²) in [6, 6.07) is 0.823. The molecule has 0 radical (unpaired) electrons. The molecule has 1 aliphatic heterocycles. The van der Waals surface area contributed by atoms with E-state index in [0.717, 1.165) is 26.3 Å². The highest BCUT2D eigenvalue weighted by Gasteiger charge is 2.27. The summed E-state index contributed by atoms with van der Waals surface area (Å²) >= 11 is 1.77. The quantitative estimate of drug-likeness (QED) is 0.804. The third-order valence-corrected chi connectivity index (χ3v) is 4.65. The molecule has 19 heavy (non-hydrogen) atoms. The van der Waals surface area contributed by atoms with Crippen molar-refractivity contribution in [3.63, 3.8) is 0 Å². The molecular formula is C14H25N3OS. The number of hydrogen-bond acceptors (Lipinski definition) is 5. The molecule has 0 amide bonds. The van der Waals surface area contributed by atoms with E-state index < -0.39 is 0 Å². The van der Waals surface area contributed by atoms with Crippen LogP contribution in [0.1, 0.15) is 36.2 Å². The summed E-state index contributed by atoms with van der Waals surface area (Å²) in [5.41, 5.74) is 0. The molecule has 3 atom stereocenters. The predicted octanol–water partition coefficient (Wildman–Crippen LogP) is 2.12. The second-order valence-electron chi connectivity index (χ2n) is 5.30. The fourth-order valence-electron chi connectivity index (χ4n) is 2.34. The number of aryl methyl sites for hydroxylation is 1. The molecule has 0 saturated carbocycles. The van der Waals surface area contributed by atoms with Crippen LogP contribution in [0, 0.1) is 12.8 Å². The maximum atomic E-state index is 5.59. The number of aromatic nitrogens is 1. The lowest BCUT2D eigenvalue weighted by Gasteiger charge is -2.21. The third kappa shape index (κ3) is 4.24. The van der Waals surface area contributed by atoms with Crippen molar-refractivity contribution in [1.82, 2.24) is 15.6 Å². The minimum absolute atomic E-state index is 0.325. The van der Waals surface area contributed by atoms with Crippen molar-refractivity contribution in [2.45, 2.75) is 39.3 Å². The van der Waals surface area contributed by atoms with E-state index in [9.17, 15) is 0 Å². The molecule has 2 rings (SSSR count). The fourth-order valence-corrected chi connectivity index (χ4v) is 3.14. The first-order valence-electron chi connectivity index (χ1n) is 7.17. The van der Waals surface area contributed by atoms with E-state index in [-0.39, 0.29) is 0 Å². The van der Waals surface area contributed by atoms with Crippen molar-refractivity contribution in [2.24, 2.45) is 5.92 Å². The molecule has 0 aliphatic carbocycles. The molecule has 4 nitrogen and oxygen atoms in total. The maximum Gasteiger partial charge on any atom is 0.109 e. The monoisotopic (exact) mass is 283 g/mol. The lowest BCUT2D eigenvalue weighted by Crippen LogP contribution is -2.41. The molecule has 0 bridgehead atoms. The van der Waals surface area contributed by atoms with Crippen molar-refractivity contribution in [3.8, 4) is 0 Å². The van der Waals surface area contributed by atoms with Crippen LogP contribution in [-0.2, 0) is 4.74 Å². The Bertz CT molecular complexity index is 383. The first-order valence-corrected chi connectivity index (χ1v) is 7.99. The van der Waals surface area contributed by atoms with Gasteiger partial charge in [-0.1, -0.05) is 6.92 Å². The molecule has 1 saturated heterocycles. The molecular weight excluding hydrogens is 258 g/mol. The van der Waals surface area contributed by atoms with Crippen molar-refractivity contribution < 1.29 is 4.74 Å². The molecule has 0 spiro atoms. The summed E-state index contributed by atoms with van der Waals surface area (Å²) in [6.45, 7) is 10.2. The Hall–Kier alpha value is -0.490. The Labute approximate surface area is 120 Å². The lowest BCUT2D eigenvalue weighted by molar-refractivity contribution is 0.181. The summed E-state index contributed by atoms with van der Waals surface area (Å²) in [6.07, 6.45) is 3.12. The summed E-state index contributed by atoms with van der Waals surface area (Å²) in [5.74, 6) is 0.565. The number of hydrogen-bond donors (Lipinski definition) is 2. The van der Waals surface area contributed by atoms with Crippen LogP contribution in [0.2, 0.25) is 0 Å². The van der Waals surface area contributed by atoms with Crippen molar-refractivity contribution in [3.05, 3.63) is 16.1 Å². The molecule has 1 aromatic heterocycles. The molecule has 2 N–H and O–H groups in total. The predicted molar refractivity (Wildman–Crippen MR) is 79.7 cm³/mol. The Kier molecular flexibility index (Phi) is 5.76. The van der Waals surface area contributed by atoms with E-state index in [0.29, 0.717) is 18.0 Å². The molecule has 108 valence electrons. The molecule has 1 fully saturated rings. The molecule has 1 aromatic rings. The number of rotatable bonds is 7. The average Bonchev–Trinajstić information content (AvgIpc) is 3.02. The van der Waals surface area contributed by atoms with Crippen LogP contribution in [-0.4, -0.2) is 37.3 Å². The zero-order valence-electron chi connectivity index (χ0n) is 12.1. The van der Waals surface area contributed by atoms with E-state index >= 15 is 0 Å². The molecule has 0 aromatic carbocycles. The van der Waals surface area contributed by atoms with Gasteiger partial charge < -0.3 is 15.4 Å². The molecule has 2 heterocycles. The molecule has 1 aliphatic rings. The summed E-state index contributed by atoms with van der Waals surface area (Å²) in [5, 5.41) is 8.33. The van der Waals surface area contributed by atoms with E-state index in [1.54, 1.807) is 11.3 Å². The van der Waals surface area contributed by atoms with Crippen LogP contribution >= 0.6 is 11.3 Å². The third-order valence-electron chi connectivity index (χ3n) is 3.55. The molecule has 5 heteroatoms. The highest BCUT2D eigenvalue weighted by atomic mass is 32.1. The average molecular weight is 283 g/mol. The number of ether oxygens (including phenoxy) is 1. The van der Waals surface area contributed by atoms with Crippen LogP contribution in [0.15, 0.2) is 6.20 Å². The van der Waals surface area contributed by atoms with Gasteiger partial charge in [-0.2, -0.15) is 0 Å². The van der Waals surface area contributed by atoms with Crippen molar-refractivity contribution in [1.29, 1.82) is 0 Å². The Balaban J connectivity index is 1.77. The topological polar surface area (TPSA) is 46.2 Å². The first kappa shape index (κ1) is 14.9. The maximum absolute atomic E-state index is 5.59. The van der Waals surface area contributed by atoms with E-state index in [2.05, 4.69) is 36.4 Å². The van der Waals surface area contributed by atoms with Crippen molar-refractivity contribution in [2.75, 3.05) is 26.3 Å². The Morgan fingerprint density at radius 2 is 2.37 bits per heavy atom. The number of thiazole rings is 1. The second kappa shape index (κ2) is 7.33. The SMILES string of the molecule is CCCNC1COCC1CNC(C)c1ncc(C)s1. The van der Waals surface area contributed by atoms with Crippen LogP contribution in [0.25, 0.3) is 0 Å². The number of nitrogens with zero attached hydrogens (tertiary/aromatic N) is 1. The second-order valence-corrected chi connectivity index (χ2v) is 6.56. The van der Waals surface area contributed by atoms with Gasteiger partial charge in [0.05, 0.1) is 19.3 Å². The normalized spacial score (nSPS) is 24.8. The fraction of sp³-hybridized carbons (Fsp3) is 0.786. The number of nitrogens with one attached hydrogen (secondary N) is 2. The van der Waals surface area contributed by atoms with Gasteiger partial charge in [-0.25, -0.2) is 4.98 Å². The largest absolute Gasteiger partial charge is 0.379 e. The van der Waals surface area contributed by atoms with Gasteiger partial charge in [0.15, 0.2) is 0 Å². The van der Waals surface area contributed by atoms with Crippen LogP contribution in [0.5, 0.6) is 0 Å². The van der Waals surface area contributed by atoms with Gasteiger partial charge in [0.1, 0.15) is 5.01 Å². The van der Waals surface area contributed by atoms with E-state index in [1.165, 1.54) is 16.3 Å². The molecule has 3 unspecified atom stereocenters. The minimum Gasteiger partial charge on any atom is -0.379 e. The zero-order valence-corrected chi connectivity index (χ0v) is 12.9. The summed E-state index contributed by atoms with van der Waals surface area (Å²) in [4.78, 5) is 5.71. The van der Waals surface area contributed by atoms with Crippen LogP contribution < -0.4 is 10.6 Å². The highest BCUT2D eigenvalue weighted by molar-refractivity contribution is 7.11. The zero-order chi connectivity index (χ0) is 13.7. The summed E-state index contributed by atoms with van der Waals surface area (Å²) < 4.78 is 5.59. The summed E-state index contributed by atoms with van der Waals surface area (Å²) in [7, 11) is 0. The smallest absolute Gasteiger partial charge is 0.109 e. The van der Waals surface area contributed by atoms with Gasteiger partial charge in [0.25, 0.3) is 0 Å². The van der Waals surface area contributed by atoms with Crippen LogP contribution in [0.3, 0.4) is 0 Å². The lowest BCUT2D eigenvalue weighted by atomic mass is 10.0. The first-order chi connectivity index (χ1) is 9.20. The van der Waals surface area contributed by atoms with E-state index in [4.69, 9.17) is 4.74 Å². The van der Waals surface area contributed by atoms with Crippen molar-refractivity contribution >= 4 is 11.3 Å².